The van der Waals surface area contributed by atoms with E-state index in [2.05, 4.69) is 4.72 Å². The van der Waals surface area contributed by atoms with E-state index in [1.54, 1.807) is 34.9 Å². The molecule has 3 rings (SSSR count). The fourth-order valence-electron chi connectivity index (χ4n) is 2.91. The lowest BCUT2D eigenvalue weighted by Crippen LogP contribution is -2.34. The molecule has 0 saturated heterocycles. The number of carbonyl (C=O) groups is 1. The molecule has 26 heavy (non-hydrogen) atoms. The number of thioether (sulfide) groups is 1. The quantitative estimate of drug-likeness (QED) is 0.851. The Morgan fingerprint density at radius 3 is 2.65 bits per heavy atom. The maximum atomic E-state index is 12.7. The van der Waals surface area contributed by atoms with Crippen molar-refractivity contribution < 1.29 is 13.2 Å². The maximum absolute atomic E-state index is 12.7. The molecule has 0 spiro atoms. The number of hydrogen-bond acceptors (Lipinski definition) is 4. The SMILES string of the molecule is CC(=O)N1CCSc2ccc(S(=O)(=O)NCC(C)c3ccccc3)cc21. The van der Waals surface area contributed by atoms with Crippen molar-refractivity contribution in [2.75, 3.05) is 23.7 Å². The number of anilines is 1. The average Bonchev–Trinajstić information content (AvgIpc) is 2.65. The Bertz CT molecular complexity index is 898. The minimum Gasteiger partial charge on any atom is -0.311 e. The van der Waals surface area contributed by atoms with E-state index in [0.717, 1.165) is 16.2 Å². The lowest BCUT2D eigenvalue weighted by Gasteiger charge is -2.28. The van der Waals surface area contributed by atoms with Gasteiger partial charge in [0.15, 0.2) is 0 Å². The van der Waals surface area contributed by atoms with Gasteiger partial charge >= 0.3 is 0 Å². The van der Waals surface area contributed by atoms with Crippen LogP contribution in [0.25, 0.3) is 0 Å². The van der Waals surface area contributed by atoms with Crippen LogP contribution in [0.4, 0.5) is 5.69 Å². The van der Waals surface area contributed by atoms with Crippen molar-refractivity contribution in [3.8, 4) is 0 Å². The first kappa shape index (κ1) is 18.9. The molecule has 7 heteroatoms. The highest BCUT2D eigenvalue weighted by Crippen LogP contribution is 2.36. The van der Waals surface area contributed by atoms with Gasteiger partial charge in [-0.25, -0.2) is 13.1 Å². The van der Waals surface area contributed by atoms with Crippen molar-refractivity contribution in [1.29, 1.82) is 0 Å². The molecule has 5 nitrogen and oxygen atoms in total. The van der Waals surface area contributed by atoms with Crippen LogP contribution in [0.15, 0.2) is 58.3 Å². The Labute approximate surface area is 158 Å². The normalized spacial score (nSPS) is 15.4. The van der Waals surface area contributed by atoms with Gasteiger partial charge in [0.2, 0.25) is 15.9 Å². The van der Waals surface area contributed by atoms with Crippen LogP contribution in [0.2, 0.25) is 0 Å². The van der Waals surface area contributed by atoms with Crippen LogP contribution in [0.5, 0.6) is 0 Å². The zero-order valence-corrected chi connectivity index (χ0v) is 16.4. The molecule has 1 aliphatic heterocycles. The van der Waals surface area contributed by atoms with Gasteiger partial charge < -0.3 is 4.90 Å². The first-order valence-electron chi connectivity index (χ1n) is 8.48. The van der Waals surface area contributed by atoms with Crippen molar-refractivity contribution in [3.63, 3.8) is 0 Å². The number of fused-ring (bicyclic) bond motifs is 1. The van der Waals surface area contributed by atoms with Gasteiger partial charge in [-0.2, -0.15) is 0 Å². The van der Waals surface area contributed by atoms with Crippen molar-refractivity contribution in [2.24, 2.45) is 0 Å². The maximum Gasteiger partial charge on any atom is 0.240 e. The number of sulfonamides is 1. The minimum absolute atomic E-state index is 0.0628. The smallest absolute Gasteiger partial charge is 0.240 e. The summed E-state index contributed by atoms with van der Waals surface area (Å²) in [6, 6.07) is 14.8. The number of hydrogen-bond donors (Lipinski definition) is 1. The van der Waals surface area contributed by atoms with Gasteiger partial charge in [0.1, 0.15) is 0 Å². The molecule has 1 heterocycles. The van der Waals surface area contributed by atoms with Gasteiger partial charge in [0.25, 0.3) is 0 Å². The van der Waals surface area contributed by atoms with E-state index in [0.29, 0.717) is 18.8 Å². The zero-order chi connectivity index (χ0) is 18.7. The Balaban J connectivity index is 1.79. The van der Waals surface area contributed by atoms with Crippen LogP contribution < -0.4 is 9.62 Å². The Morgan fingerprint density at radius 2 is 1.96 bits per heavy atom. The van der Waals surface area contributed by atoms with Crippen LogP contribution >= 0.6 is 11.8 Å². The summed E-state index contributed by atoms with van der Waals surface area (Å²) < 4.78 is 28.1. The van der Waals surface area contributed by atoms with Crippen molar-refractivity contribution in [2.45, 2.75) is 29.6 Å². The van der Waals surface area contributed by atoms with E-state index in [1.165, 1.54) is 6.92 Å². The summed E-state index contributed by atoms with van der Waals surface area (Å²) >= 11 is 1.64. The van der Waals surface area contributed by atoms with Crippen LogP contribution in [0, 0.1) is 0 Å². The molecule has 0 aromatic heterocycles. The van der Waals surface area contributed by atoms with E-state index >= 15 is 0 Å². The second kappa shape index (κ2) is 7.82. The number of benzene rings is 2. The molecular weight excluding hydrogens is 368 g/mol. The number of nitrogens with one attached hydrogen (secondary N) is 1. The van der Waals surface area contributed by atoms with Crippen molar-refractivity contribution >= 4 is 33.4 Å². The zero-order valence-electron chi connectivity index (χ0n) is 14.8. The molecule has 1 N–H and O–H groups in total. The van der Waals surface area contributed by atoms with Crippen molar-refractivity contribution in [3.05, 3.63) is 54.1 Å². The van der Waals surface area contributed by atoms with Gasteiger partial charge in [-0.05, 0) is 29.7 Å². The first-order chi connectivity index (χ1) is 12.4. The number of nitrogens with zero attached hydrogens (tertiary/aromatic N) is 1. The third kappa shape index (κ3) is 4.11. The van der Waals surface area contributed by atoms with E-state index < -0.39 is 10.0 Å². The molecule has 1 amide bonds. The third-order valence-electron chi connectivity index (χ3n) is 4.43. The van der Waals surface area contributed by atoms with E-state index in [4.69, 9.17) is 0 Å². The summed E-state index contributed by atoms with van der Waals surface area (Å²) in [6.45, 7) is 4.39. The molecule has 0 radical (unpaired) electrons. The molecule has 2 aromatic rings. The molecule has 0 saturated carbocycles. The lowest BCUT2D eigenvalue weighted by atomic mass is 10.0. The second-order valence-electron chi connectivity index (χ2n) is 6.31. The lowest BCUT2D eigenvalue weighted by molar-refractivity contribution is -0.116. The second-order valence-corrected chi connectivity index (χ2v) is 9.22. The predicted octanol–water partition coefficient (Wildman–Crippen LogP) is 3.23. The third-order valence-corrected chi connectivity index (χ3v) is 6.90. The van der Waals surface area contributed by atoms with Crippen LogP contribution in [0.3, 0.4) is 0 Å². The summed E-state index contributed by atoms with van der Waals surface area (Å²) in [6.07, 6.45) is 0. The molecule has 0 aliphatic carbocycles. The largest absolute Gasteiger partial charge is 0.311 e. The highest BCUT2D eigenvalue weighted by molar-refractivity contribution is 7.99. The Morgan fingerprint density at radius 1 is 1.23 bits per heavy atom. The average molecular weight is 391 g/mol. The van der Waals surface area contributed by atoms with Gasteiger partial charge in [-0.15, -0.1) is 11.8 Å². The predicted molar refractivity (Wildman–Crippen MR) is 105 cm³/mol. The number of amides is 1. The summed E-state index contributed by atoms with van der Waals surface area (Å²) in [5.41, 5.74) is 1.76. The van der Waals surface area contributed by atoms with Gasteiger partial charge in [-0.1, -0.05) is 37.3 Å². The summed E-state index contributed by atoms with van der Waals surface area (Å²) in [5, 5.41) is 0. The molecule has 1 aliphatic rings. The standard InChI is InChI=1S/C19H22N2O3S2/c1-14(16-6-4-3-5-7-16)13-20-26(23,24)17-8-9-19-18(12-17)21(15(2)22)10-11-25-19/h3-9,12,14,20H,10-11,13H2,1-2H3. The summed E-state index contributed by atoms with van der Waals surface area (Å²) in [7, 11) is -3.64. The Kier molecular flexibility index (Phi) is 5.70. The van der Waals surface area contributed by atoms with E-state index in [-0.39, 0.29) is 16.7 Å². The monoisotopic (exact) mass is 390 g/mol. The van der Waals surface area contributed by atoms with Gasteiger partial charge in [0, 0.05) is 30.7 Å². The topological polar surface area (TPSA) is 66.5 Å². The Hall–Kier alpha value is -1.83. The minimum atomic E-state index is -3.64. The molecule has 138 valence electrons. The number of rotatable bonds is 5. The molecular formula is C19H22N2O3S2. The van der Waals surface area contributed by atoms with Gasteiger partial charge in [0.05, 0.1) is 10.6 Å². The van der Waals surface area contributed by atoms with Crippen LogP contribution in [-0.2, 0) is 14.8 Å². The van der Waals surface area contributed by atoms with Crippen LogP contribution in [0.1, 0.15) is 25.3 Å². The molecule has 0 fully saturated rings. The highest BCUT2D eigenvalue weighted by Gasteiger charge is 2.24. The fraction of sp³-hybridized carbons (Fsp3) is 0.316. The van der Waals surface area contributed by atoms with Crippen molar-refractivity contribution in [1.82, 2.24) is 4.72 Å². The fourth-order valence-corrected chi connectivity index (χ4v) is 5.03. The molecule has 2 aromatic carbocycles. The number of carbonyl (C=O) groups excluding carboxylic acids is 1. The van der Waals surface area contributed by atoms with E-state index in [9.17, 15) is 13.2 Å². The van der Waals surface area contributed by atoms with Crippen LogP contribution in [-0.4, -0.2) is 33.2 Å². The summed E-state index contributed by atoms with van der Waals surface area (Å²) in [4.78, 5) is 14.6. The summed E-state index contributed by atoms with van der Waals surface area (Å²) in [5.74, 6) is 0.797. The molecule has 1 unspecified atom stereocenters. The van der Waals surface area contributed by atoms with Gasteiger partial charge in [-0.3, -0.25) is 4.79 Å². The van der Waals surface area contributed by atoms with E-state index in [1.807, 2.05) is 37.3 Å². The molecule has 1 atom stereocenters. The first-order valence-corrected chi connectivity index (χ1v) is 10.9. The molecule has 0 bridgehead atoms. The highest BCUT2D eigenvalue weighted by atomic mass is 32.2.